The van der Waals surface area contributed by atoms with Gasteiger partial charge >= 0.3 is 0 Å². The number of hydrogen-bond acceptors (Lipinski definition) is 4. The molecule has 1 aliphatic heterocycles. The predicted molar refractivity (Wildman–Crippen MR) is 120 cm³/mol. The van der Waals surface area contributed by atoms with Crippen molar-refractivity contribution in [1.82, 2.24) is 4.57 Å². The molecule has 29 heavy (non-hydrogen) atoms. The molecule has 3 aromatic rings. The highest BCUT2D eigenvalue weighted by atomic mass is 32.2. The zero-order valence-electron chi connectivity index (χ0n) is 16.9. The summed E-state index contributed by atoms with van der Waals surface area (Å²) in [6.07, 6.45) is 2.07. The normalized spacial score (nSPS) is 15.8. The summed E-state index contributed by atoms with van der Waals surface area (Å²) in [6.45, 7) is 3.57. The van der Waals surface area contributed by atoms with Gasteiger partial charge in [-0.2, -0.15) is 11.8 Å². The molecule has 0 saturated heterocycles. The van der Waals surface area contributed by atoms with Crippen LogP contribution in [-0.4, -0.2) is 36.0 Å². The summed E-state index contributed by atoms with van der Waals surface area (Å²) in [7, 11) is 1.68. The minimum absolute atomic E-state index is 0.212. The van der Waals surface area contributed by atoms with Crippen molar-refractivity contribution in [1.29, 1.82) is 0 Å². The van der Waals surface area contributed by atoms with Crippen LogP contribution in [0.15, 0.2) is 71.9 Å². The maximum absolute atomic E-state index is 5.94. The van der Waals surface area contributed by atoms with Crippen molar-refractivity contribution in [3.63, 3.8) is 0 Å². The summed E-state index contributed by atoms with van der Waals surface area (Å²) < 4.78 is 13.4. The van der Waals surface area contributed by atoms with E-state index < -0.39 is 0 Å². The van der Waals surface area contributed by atoms with E-state index in [9.17, 15) is 0 Å². The van der Waals surface area contributed by atoms with Gasteiger partial charge in [0.2, 0.25) is 5.90 Å². The highest BCUT2D eigenvalue weighted by molar-refractivity contribution is 7.98. The molecule has 1 unspecified atom stereocenters. The SMILES string of the molecule is COc1ccc(Cn2cccc2C2=NC(CSCc3cccc(C)c3)CO2)cc1. The first kappa shape index (κ1) is 19.6. The third-order valence-electron chi connectivity index (χ3n) is 4.93. The third kappa shape index (κ3) is 5.04. The quantitative estimate of drug-likeness (QED) is 0.532. The molecule has 0 bridgehead atoms. The molecule has 4 nitrogen and oxygen atoms in total. The van der Waals surface area contributed by atoms with E-state index in [1.54, 1.807) is 7.11 Å². The Kier molecular flexibility index (Phi) is 6.25. The fraction of sp³-hybridized carbons (Fsp3) is 0.292. The van der Waals surface area contributed by atoms with E-state index in [0.29, 0.717) is 6.61 Å². The molecule has 2 heterocycles. The van der Waals surface area contributed by atoms with E-state index in [1.165, 1.54) is 16.7 Å². The Labute approximate surface area is 176 Å². The topological polar surface area (TPSA) is 35.8 Å². The van der Waals surface area contributed by atoms with Gasteiger partial charge in [-0.3, -0.25) is 0 Å². The van der Waals surface area contributed by atoms with E-state index in [4.69, 9.17) is 14.5 Å². The standard InChI is InChI=1S/C24H26N2O2S/c1-18-5-3-6-20(13-18)16-29-17-21-15-28-24(25-21)23-7-4-12-26(23)14-19-8-10-22(27-2)11-9-19/h3-13,21H,14-17H2,1-2H3. The Bertz CT molecular complexity index is 979. The lowest BCUT2D eigenvalue weighted by Gasteiger charge is -2.09. The van der Waals surface area contributed by atoms with Gasteiger partial charge in [0.1, 0.15) is 18.1 Å². The largest absolute Gasteiger partial charge is 0.497 e. The number of aryl methyl sites for hydroxylation is 1. The summed E-state index contributed by atoms with van der Waals surface area (Å²) in [6, 6.07) is 21.2. The van der Waals surface area contributed by atoms with Crippen LogP contribution < -0.4 is 4.74 Å². The average molecular weight is 407 g/mol. The lowest BCUT2D eigenvalue weighted by Crippen LogP contribution is -2.11. The molecule has 150 valence electrons. The first-order valence-electron chi connectivity index (χ1n) is 9.83. The molecular weight excluding hydrogens is 380 g/mol. The first-order chi connectivity index (χ1) is 14.2. The van der Waals surface area contributed by atoms with Crippen LogP contribution in [0.25, 0.3) is 0 Å². The van der Waals surface area contributed by atoms with Gasteiger partial charge in [0.25, 0.3) is 0 Å². The van der Waals surface area contributed by atoms with Crippen molar-refractivity contribution in [2.24, 2.45) is 4.99 Å². The van der Waals surface area contributed by atoms with E-state index >= 15 is 0 Å². The molecule has 2 aromatic carbocycles. The van der Waals surface area contributed by atoms with Gasteiger partial charge in [0.05, 0.1) is 13.2 Å². The Morgan fingerprint density at radius 1 is 1.10 bits per heavy atom. The molecule has 5 heteroatoms. The Morgan fingerprint density at radius 2 is 1.97 bits per heavy atom. The molecule has 0 fully saturated rings. The van der Waals surface area contributed by atoms with Crippen molar-refractivity contribution in [2.45, 2.75) is 25.3 Å². The third-order valence-corrected chi connectivity index (χ3v) is 6.09. The maximum atomic E-state index is 5.94. The molecule has 0 radical (unpaired) electrons. The maximum Gasteiger partial charge on any atom is 0.233 e. The van der Waals surface area contributed by atoms with Gasteiger partial charge < -0.3 is 14.0 Å². The van der Waals surface area contributed by atoms with Crippen LogP contribution in [0.1, 0.15) is 22.4 Å². The van der Waals surface area contributed by atoms with Crippen LogP contribution in [-0.2, 0) is 17.0 Å². The van der Waals surface area contributed by atoms with E-state index in [2.05, 4.69) is 60.2 Å². The van der Waals surface area contributed by atoms with Crippen molar-refractivity contribution < 1.29 is 9.47 Å². The number of thioether (sulfide) groups is 1. The molecule has 1 atom stereocenters. The molecule has 0 spiro atoms. The number of aliphatic imine (C=N–C) groups is 1. The number of benzene rings is 2. The Balaban J connectivity index is 1.36. The summed E-state index contributed by atoms with van der Waals surface area (Å²) in [5.41, 5.74) is 4.93. The minimum Gasteiger partial charge on any atom is -0.497 e. The van der Waals surface area contributed by atoms with Crippen LogP contribution in [0, 0.1) is 6.92 Å². The van der Waals surface area contributed by atoms with E-state index in [0.717, 1.165) is 35.4 Å². The number of ether oxygens (including phenoxy) is 2. The van der Waals surface area contributed by atoms with Crippen molar-refractivity contribution >= 4 is 17.7 Å². The summed E-state index contributed by atoms with van der Waals surface area (Å²) in [5, 5.41) is 0. The van der Waals surface area contributed by atoms with Gasteiger partial charge in [-0.05, 0) is 42.3 Å². The number of rotatable bonds is 8. The highest BCUT2D eigenvalue weighted by Gasteiger charge is 2.22. The van der Waals surface area contributed by atoms with Crippen LogP contribution in [0.4, 0.5) is 0 Å². The Hall–Kier alpha value is -2.66. The summed E-state index contributed by atoms with van der Waals surface area (Å²) in [5.74, 6) is 3.61. The average Bonchev–Trinajstić information content (AvgIpc) is 3.38. The van der Waals surface area contributed by atoms with Crippen LogP contribution in [0.2, 0.25) is 0 Å². The zero-order chi connectivity index (χ0) is 20.1. The fourth-order valence-corrected chi connectivity index (χ4v) is 4.41. The van der Waals surface area contributed by atoms with E-state index in [-0.39, 0.29) is 6.04 Å². The molecular formula is C24H26N2O2S. The summed E-state index contributed by atoms with van der Waals surface area (Å²) >= 11 is 1.92. The Morgan fingerprint density at radius 3 is 2.76 bits per heavy atom. The van der Waals surface area contributed by atoms with Gasteiger partial charge in [-0.25, -0.2) is 4.99 Å². The molecule has 1 aromatic heterocycles. The van der Waals surface area contributed by atoms with Gasteiger partial charge in [0.15, 0.2) is 0 Å². The molecule has 1 aliphatic rings. The zero-order valence-corrected chi connectivity index (χ0v) is 17.7. The lowest BCUT2D eigenvalue weighted by molar-refractivity contribution is 0.323. The van der Waals surface area contributed by atoms with Crippen LogP contribution >= 0.6 is 11.8 Å². The molecule has 0 amide bonds. The predicted octanol–water partition coefficient (Wildman–Crippen LogP) is 4.93. The van der Waals surface area contributed by atoms with Crippen molar-refractivity contribution in [2.75, 3.05) is 19.5 Å². The number of aromatic nitrogens is 1. The number of methoxy groups -OCH3 is 1. The monoisotopic (exact) mass is 406 g/mol. The second-order valence-corrected chi connectivity index (χ2v) is 8.30. The van der Waals surface area contributed by atoms with Gasteiger partial charge in [-0.1, -0.05) is 42.0 Å². The minimum atomic E-state index is 0.212. The molecule has 0 N–H and O–H groups in total. The van der Waals surface area contributed by atoms with Crippen molar-refractivity contribution in [3.8, 4) is 5.75 Å². The summed E-state index contributed by atoms with van der Waals surface area (Å²) in [4.78, 5) is 4.84. The number of hydrogen-bond donors (Lipinski definition) is 0. The second-order valence-electron chi connectivity index (χ2n) is 7.27. The molecule has 0 saturated carbocycles. The van der Waals surface area contributed by atoms with Crippen LogP contribution in [0.5, 0.6) is 5.75 Å². The molecule has 4 rings (SSSR count). The van der Waals surface area contributed by atoms with Crippen LogP contribution in [0.3, 0.4) is 0 Å². The first-order valence-corrected chi connectivity index (χ1v) is 11.0. The smallest absolute Gasteiger partial charge is 0.233 e. The lowest BCUT2D eigenvalue weighted by atomic mass is 10.2. The highest BCUT2D eigenvalue weighted by Crippen LogP contribution is 2.21. The van der Waals surface area contributed by atoms with Gasteiger partial charge in [0, 0.05) is 24.2 Å². The number of nitrogens with zero attached hydrogens (tertiary/aromatic N) is 2. The molecule has 0 aliphatic carbocycles. The van der Waals surface area contributed by atoms with Crippen molar-refractivity contribution in [3.05, 3.63) is 89.2 Å². The van der Waals surface area contributed by atoms with E-state index in [1.807, 2.05) is 30.0 Å². The fourth-order valence-electron chi connectivity index (χ4n) is 3.43. The van der Waals surface area contributed by atoms with Gasteiger partial charge in [-0.15, -0.1) is 0 Å². The second kappa shape index (κ2) is 9.23.